The molecule has 0 amide bonds. The molecule has 0 heterocycles. The van der Waals surface area contributed by atoms with Crippen LogP contribution in [0, 0.1) is 5.82 Å². The molecular weight excluding hydrogens is 273 g/mol. The van der Waals surface area contributed by atoms with Crippen molar-refractivity contribution in [2.75, 3.05) is 6.54 Å². The highest BCUT2D eigenvalue weighted by atomic mass is 35.5. The van der Waals surface area contributed by atoms with Gasteiger partial charge in [0, 0.05) is 0 Å². The van der Waals surface area contributed by atoms with Gasteiger partial charge in [0.2, 0.25) is 0 Å². The molecule has 3 heteroatoms. The molecule has 1 atom stereocenters. The van der Waals surface area contributed by atoms with Gasteiger partial charge in [-0.15, -0.1) is 0 Å². The summed E-state index contributed by atoms with van der Waals surface area (Å²) in [7, 11) is 0. The van der Waals surface area contributed by atoms with E-state index in [0.717, 1.165) is 31.4 Å². The number of nitrogens with one attached hydrogen (secondary N) is 1. The molecule has 1 aliphatic rings. The second-order valence-electron chi connectivity index (χ2n) is 5.44. The summed E-state index contributed by atoms with van der Waals surface area (Å²) in [5.74, 6) is -0.332. The van der Waals surface area contributed by atoms with Crippen molar-refractivity contribution in [2.24, 2.45) is 0 Å². The average Bonchev–Trinajstić information content (AvgIpc) is 2.72. The van der Waals surface area contributed by atoms with Crippen LogP contribution in [0.15, 0.2) is 29.8 Å². The number of rotatable bonds is 5. The molecule has 0 saturated heterocycles. The molecule has 0 saturated carbocycles. The normalized spacial score (nSPS) is 17.4. The van der Waals surface area contributed by atoms with Gasteiger partial charge in [0.15, 0.2) is 0 Å². The van der Waals surface area contributed by atoms with Crippen LogP contribution in [0.1, 0.15) is 57.1 Å². The van der Waals surface area contributed by atoms with Crippen LogP contribution < -0.4 is 5.32 Å². The summed E-state index contributed by atoms with van der Waals surface area (Å²) in [6.07, 6.45) is 9.43. The van der Waals surface area contributed by atoms with Crippen molar-refractivity contribution < 1.29 is 4.39 Å². The predicted molar refractivity (Wildman–Crippen MR) is 83.6 cm³/mol. The van der Waals surface area contributed by atoms with Gasteiger partial charge in [-0.1, -0.05) is 42.7 Å². The van der Waals surface area contributed by atoms with Crippen molar-refractivity contribution in [3.8, 4) is 0 Å². The number of hydrogen-bond acceptors (Lipinski definition) is 1. The zero-order chi connectivity index (χ0) is 14.4. The van der Waals surface area contributed by atoms with E-state index in [1.807, 2.05) is 6.07 Å². The van der Waals surface area contributed by atoms with Crippen molar-refractivity contribution >= 4 is 11.6 Å². The Labute approximate surface area is 126 Å². The lowest BCUT2D eigenvalue weighted by Gasteiger charge is -2.22. The Kier molecular flexibility index (Phi) is 6.06. The van der Waals surface area contributed by atoms with Gasteiger partial charge in [-0.3, -0.25) is 0 Å². The maximum atomic E-state index is 13.7. The summed E-state index contributed by atoms with van der Waals surface area (Å²) in [4.78, 5) is 0. The van der Waals surface area contributed by atoms with Crippen molar-refractivity contribution in [1.29, 1.82) is 0 Å². The number of halogens is 2. The van der Waals surface area contributed by atoms with Crippen LogP contribution in [-0.2, 0) is 0 Å². The van der Waals surface area contributed by atoms with Crippen molar-refractivity contribution in [3.63, 3.8) is 0 Å². The molecule has 2 rings (SSSR count). The van der Waals surface area contributed by atoms with E-state index in [-0.39, 0.29) is 16.9 Å². The van der Waals surface area contributed by atoms with Crippen LogP contribution in [0.4, 0.5) is 4.39 Å². The van der Waals surface area contributed by atoms with E-state index in [4.69, 9.17) is 11.6 Å². The summed E-state index contributed by atoms with van der Waals surface area (Å²) in [6.45, 7) is 3.08. The summed E-state index contributed by atoms with van der Waals surface area (Å²) < 4.78 is 13.7. The molecule has 0 fully saturated rings. The molecule has 1 N–H and O–H groups in total. The lowest BCUT2D eigenvalue weighted by Crippen LogP contribution is -2.24. The minimum atomic E-state index is -0.332. The van der Waals surface area contributed by atoms with E-state index in [1.54, 1.807) is 12.1 Å². The Bertz CT molecular complexity index is 470. The van der Waals surface area contributed by atoms with Gasteiger partial charge in [0.1, 0.15) is 5.82 Å². The van der Waals surface area contributed by atoms with Crippen LogP contribution in [0.3, 0.4) is 0 Å². The summed E-state index contributed by atoms with van der Waals surface area (Å²) >= 11 is 5.79. The molecule has 1 aliphatic carbocycles. The highest BCUT2D eigenvalue weighted by Crippen LogP contribution is 2.30. The third kappa shape index (κ3) is 4.07. The molecular formula is C17H23ClFN. The van der Waals surface area contributed by atoms with Crippen molar-refractivity contribution in [2.45, 2.75) is 51.5 Å². The first-order chi connectivity index (χ1) is 9.72. The van der Waals surface area contributed by atoms with Crippen molar-refractivity contribution in [1.82, 2.24) is 5.32 Å². The largest absolute Gasteiger partial charge is 0.307 e. The molecule has 20 heavy (non-hydrogen) atoms. The monoisotopic (exact) mass is 295 g/mol. The zero-order valence-corrected chi connectivity index (χ0v) is 12.8. The molecule has 0 bridgehead atoms. The van der Waals surface area contributed by atoms with E-state index < -0.39 is 0 Å². The highest BCUT2D eigenvalue weighted by molar-refractivity contribution is 6.30. The summed E-state index contributed by atoms with van der Waals surface area (Å²) in [5.41, 5.74) is 2.38. The standard InChI is InChI=1S/C17H23ClFN/c1-2-11-20-17(13-7-5-3-4-6-8-13)14-9-10-15(18)16(19)12-14/h7,9-10,12,17,20H,2-6,8,11H2,1H3. The van der Waals surface area contributed by atoms with Gasteiger partial charge in [-0.05, 0) is 56.3 Å². The van der Waals surface area contributed by atoms with E-state index in [2.05, 4.69) is 18.3 Å². The highest BCUT2D eigenvalue weighted by Gasteiger charge is 2.18. The van der Waals surface area contributed by atoms with Crippen LogP contribution in [-0.4, -0.2) is 6.54 Å². The third-order valence-corrected chi connectivity index (χ3v) is 4.13. The quantitative estimate of drug-likeness (QED) is 0.716. The van der Waals surface area contributed by atoms with Gasteiger partial charge in [0.05, 0.1) is 11.1 Å². The second-order valence-corrected chi connectivity index (χ2v) is 5.85. The first kappa shape index (κ1) is 15.5. The molecule has 0 aliphatic heterocycles. The van der Waals surface area contributed by atoms with Crippen LogP contribution in [0.25, 0.3) is 0 Å². The van der Waals surface area contributed by atoms with E-state index in [9.17, 15) is 4.39 Å². The van der Waals surface area contributed by atoms with Gasteiger partial charge < -0.3 is 5.32 Å². The first-order valence-electron chi connectivity index (χ1n) is 7.59. The molecule has 0 spiro atoms. The van der Waals surface area contributed by atoms with Crippen LogP contribution in [0.5, 0.6) is 0 Å². The average molecular weight is 296 g/mol. The number of benzene rings is 1. The molecule has 1 aromatic rings. The molecule has 1 nitrogen and oxygen atoms in total. The molecule has 1 unspecified atom stereocenters. The Morgan fingerprint density at radius 3 is 2.90 bits per heavy atom. The third-order valence-electron chi connectivity index (χ3n) is 3.82. The lowest BCUT2D eigenvalue weighted by atomic mass is 9.95. The fraction of sp³-hybridized carbons (Fsp3) is 0.529. The predicted octanol–water partition coefficient (Wildman–Crippen LogP) is 5.41. The fourth-order valence-electron chi connectivity index (χ4n) is 2.75. The Morgan fingerprint density at radius 2 is 2.15 bits per heavy atom. The van der Waals surface area contributed by atoms with Gasteiger partial charge >= 0.3 is 0 Å². The van der Waals surface area contributed by atoms with Gasteiger partial charge in [-0.2, -0.15) is 0 Å². The van der Waals surface area contributed by atoms with Crippen molar-refractivity contribution in [3.05, 3.63) is 46.3 Å². The van der Waals surface area contributed by atoms with Gasteiger partial charge in [-0.25, -0.2) is 4.39 Å². The fourth-order valence-corrected chi connectivity index (χ4v) is 2.86. The van der Waals surface area contributed by atoms with E-state index in [1.165, 1.54) is 24.8 Å². The first-order valence-corrected chi connectivity index (χ1v) is 7.97. The van der Waals surface area contributed by atoms with Crippen LogP contribution >= 0.6 is 11.6 Å². The maximum Gasteiger partial charge on any atom is 0.142 e. The molecule has 110 valence electrons. The zero-order valence-electron chi connectivity index (χ0n) is 12.1. The minimum Gasteiger partial charge on any atom is -0.307 e. The van der Waals surface area contributed by atoms with Gasteiger partial charge in [0.25, 0.3) is 0 Å². The van der Waals surface area contributed by atoms with Crippen LogP contribution in [0.2, 0.25) is 5.02 Å². The van der Waals surface area contributed by atoms with E-state index in [0.29, 0.717) is 0 Å². The molecule has 0 aromatic heterocycles. The second kappa shape index (κ2) is 7.80. The SMILES string of the molecule is CCCNC(C1=CCCCCC1)c1ccc(Cl)c(F)c1. The smallest absolute Gasteiger partial charge is 0.142 e. The Balaban J connectivity index is 2.25. The number of allylic oxidation sites excluding steroid dienone is 1. The summed E-state index contributed by atoms with van der Waals surface area (Å²) in [5, 5.41) is 3.74. The van der Waals surface area contributed by atoms with E-state index >= 15 is 0 Å². The Hall–Kier alpha value is -0.860. The Morgan fingerprint density at radius 1 is 1.30 bits per heavy atom. The number of hydrogen-bond donors (Lipinski definition) is 1. The summed E-state index contributed by atoms with van der Waals surface area (Å²) in [6, 6.07) is 5.29. The molecule has 1 aromatic carbocycles. The molecule has 0 radical (unpaired) electrons. The minimum absolute atomic E-state index is 0.125. The topological polar surface area (TPSA) is 12.0 Å². The lowest BCUT2D eigenvalue weighted by molar-refractivity contribution is 0.560. The maximum absolute atomic E-state index is 13.7.